The minimum atomic E-state index is -0.240. The zero-order valence-corrected chi connectivity index (χ0v) is 20.3. The molecule has 1 aliphatic rings. The van der Waals surface area contributed by atoms with Gasteiger partial charge in [0, 0.05) is 49.9 Å². The smallest absolute Gasteiger partial charge is 0.321 e. The Morgan fingerprint density at radius 2 is 1.65 bits per heavy atom. The second-order valence-corrected chi connectivity index (χ2v) is 8.33. The number of rotatable bonds is 8. The van der Waals surface area contributed by atoms with Crippen LogP contribution in [-0.4, -0.2) is 67.9 Å². The Morgan fingerprint density at radius 3 is 2.29 bits per heavy atom. The molecule has 1 saturated heterocycles. The summed E-state index contributed by atoms with van der Waals surface area (Å²) in [5.41, 5.74) is 2.59. The Labute approximate surface area is 200 Å². The van der Waals surface area contributed by atoms with Crippen LogP contribution in [0.1, 0.15) is 52.5 Å². The number of ketones is 1. The van der Waals surface area contributed by atoms with Crippen molar-refractivity contribution < 1.29 is 23.9 Å². The van der Waals surface area contributed by atoms with E-state index in [2.05, 4.69) is 12.2 Å². The molecular formula is C26H33N3O5. The van der Waals surface area contributed by atoms with Gasteiger partial charge in [0.25, 0.3) is 5.91 Å². The van der Waals surface area contributed by atoms with E-state index in [4.69, 9.17) is 9.47 Å². The van der Waals surface area contributed by atoms with Crippen LogP contribution in [-0.2, 0) is 0 Å². The van der Waals surface area contributed by atoms with E-state index in [1.807, 2.05) is 13.0 Å². The number of urea groups is 1. The lowest BCUT2D eigenvalue weighted by Crippen LogP contribution is -2.51. The number of piperazine rings is 1. The Bertz CT molecular complexity index is 1040. The second-order valence-electron chi connectivity index (χ2n) is 8.33. The highest BCUT2D eigenvalue weighted by atomic mass is 16.5. The Morgan fingerprint density at radius 1 is 0.941 bits per heavy atom. The number of methoxy groups -OCH3 is 2. The van der Waals surface area contributed by atoms with Crippen molar-refractivity contribution in [1.29, 1.82) is 0 Å². The average Bonchev–Trinajstić information content (AvgIpc) is 2.87. The van der Waals surface area contributed by atoms with E-state index in [1.54, 1.807) is 47.2 Å². The van der Waals surface area contributed by atoms with Gasteiger partial charge in [-0.3, -0.25) is 9.59 Å². The van der Waals surface area contributed by atoms with Crippen molar-refractivity contribution in [3.8, 4) is 11.5 Å². The van der Waals surface area contributed by atoms with Crippen molar-refractivity contribution in [2.75, 3.05) is 45.7 Å². The monoisotopic (exact) mass is 467 g/mol. The number of aryl methyl sites for hydroxylation is 1. The van der Waals surface area contributed by atoms with Gasteiger partial charge >= 0.3 is 6.03 Å². The van der Waals surface area contributed by atoms with Crippen molar-refractivity contribution in [1.82, 2.24) is 9.80 Å². The number of nitrogens with zero attached hydrogens (tertiary/aromatic N) is 2. The molecule has 0 aromatic heterocycles. The summed E-state index contributed by atoms with van der Waals surface area (Å²) in [6, 6.07) is 10.3. The van der Waals surface area contributed by atoms with E-state index < -0.39 is 0 Å². The minimum absolute atomic E-state index is 0.0819. The molecule has 3 rings (SSSR count). The standard InChI is InChI=1S/C26H33N3O5/c1-5-6-7-23(30)19-9-8-18(2)22(16-19)27-26(32)29-14-12-28(13-15-29)25(31)21-11-10-20(33-3)17-24(21)34-4/h8-11,16-17H,5-7,12-15H2,1-4H3,(H,27,32). The molecule has 0 spiro atoms. The quantitative estimate of drug-likeness (QED) is 0.583. The second kappa shape index (κ2) is 11.5. The molecule has 3 amide bonds. The first-order valence-electron chi connectivity index (χ1n) is 11.6. The molecule has 0 saturated carbocycles. The van der Waals surface area contributed by atoms with Crippen molar-refractivity contribution in [3.05, 3.63) is 53.1 Å². The molecule has 34 heavy (non-hydrogen) atoms. The third-order valence-electron chi connectivity index (χ3n) is 6.05. The molecule has 0 atom stereocenters. The summed E-state index contributed by atoms with van der Waals surface area (Å²) in [6.45, 7) is 5.59. The first-order valence-corrected chi connectivity index (χ1v) is 11.6. The van der Waals surface area contributed by atoms with Crippen LogP contribution in [0.4, 0.5) is 10.5 Å². The summed E-state index contributed by atoms with van der Waals surface area (Å²) in [5.74, 6) is 1.00. The molecule has 0 bridgehead atoms. The topological polar surface area (TPSA) is 88.2 Å². The normalized spacial score (nSPS) is 13.4. The number of carbonyl (C=O) groups excluding carboxylic acids is 3. The van der Waals surface area contributed by atoms with Crippen LogP contribution < -0.4 is 14.8 Å². The van der Waals surface area contributed by atoms with Crippen molar-refractivity contribution >= 4 is 23.4 Å². The molecule has 182 valence electrons. The molecule has 0 aliphatic carbocycles. The Kier molecular flexibility index (Phi) is 8.51. The van der Waals surface area contributed by atoms with E-state index in [9.17, 15) is 14.4 Å². The molecule has 1 fully saturated rings. The number of Topliss-reactive ketones (excluding diaryl/α,β-unsaturated/α-hetero) is 1. The van der Waals surface area contributed by atoms with Gasteiger partial charge in [-0.2, -0.15) is 0 Å². The molecular weight excluding hydrogens is 434 g/mol. The fraction of sp³-hybridized carbons (Fsp3) is 0.423. The SMILES string of the molecule is CCCCC(=O)c1ccc(C)c(NC(=O)N2CCN(C(=O)c3ccc(OC)cc3OC)CC2)c1. The largest absolute Gasteiger partial charge is 0.497 e. The van der Waals surface area contributed by atoms with Gasteiger partial charge in [0.05, 0.1) is 19.8 Å². The van der Waals surface area contributed by atoms with Gasteiger partial charge in [-0.25, -0.2) is 4.79 Å². The number of hydrogen-bond donors (Lipinski definition) is 1. The van der Waals surface area contributed by atoms with Crippen LogP contribution in [0.2, 0.25) is 0 Å². The van der Waals surface area contributed by atoms with Gasteiger partial charge in [-0.1, -0.05) is 25.5 Å². The summed E-state index contributed by atoms with van der Waals surface area (Å²) in [5, 5.41) is 2.94. The summed E-state index contributed by atoms with van der Waals surface area (Å²) in [4.78, 5) is 41.7. The van der Waals surface area contributed by atoms with Crippen LogP contribution in [0.5, 0.6) is 11.5 Å². The highest BCUT2D eigenvalue weighted by Gasteiger charge is 2.27. The fourth-order valence-electron chi connectivity index (χ4n) is 3.86. The van der Waals surface area contributed by atoms with E-state index in [0.29, 0.717) is 60.9 Å². The lowest BCUT2D eigenvalue weighted by molar-refractivity contribution is 0.0668. The van der Waals surface area contributed by atoms with Crippen LogP contribution in [0, 0.1) is 6.92 Å². The molecule has 1 aliphatic heterocycles. The van der Waals surface area contributed by atoms with Gasteiger partial charge in [0.15, 0.2) is 5.78 Å². The summed E-state index contributed by atoms with van der Waals surface area (Å²) in [6.07, 6.45) is 2.31. The molecule has 0 radical (unpaired) electrons. The van der Waals surface area contributed by atoms with Gasteiger partial charge in [0.2, 0.25) is 0 Å². The summed E-state index contributed by atoms with van der Waals surface area (Å²) >= 11 is 0. The van der Waals surface area contributed by atoms with Gasteiger partial charge in [0.1, 0.15) is 11.5 Å². The summed E-state index contributed by atoms with van der Waals surface area (Å²) in [7, 11) is 3.07. The predicted octanol–water partition coefficient (Wildman–Crippen LogP) is 4.38. The number of benzene rings is 2. The lowest BCUT2D eigenvalue weighted by Gasteiger charge is -2.35. The van der Waals surface area contributed by atoms with Crippen molar-refractivity contribution in [2.24, 2.45) is 0 Å². The number of hydrogen-bond acceptors (Lipinski definition) is 5. The number of nitrogens with one attached hydrogen (secondary N) is 1. The molecule has 8 heteroatoms. The van der Waals surface area contributed by atoms with Crippen LogP contribution in [0.15, 0.2) is 36.4 Å². The molecule has 1 heterocycles. The third kappa shape index (κ3) is 5.87. The van der Waals surface area contributed by atoms with Crippen molar-refractivity contribution in [2.45, 2.75) is 33.1 Å². The molecule has 2 aromatic carbocycles. The maximum atomic E-state index is 13.0. The Balaban J connectivity index is 1.61. The Hall–Kier alpha value is -3.55. The van der Waals surface area contributed by atoms with Crippen LogP contribution in [0.25, 0.3) is 0 Å². The van der Waals surface area contributed by atoms with Crippen LogP contribution >= 0.6 is 0 Å². The summed E-state index contributed by atoms with van der Waals surface area (Å²) < 4.78 is 10.6. The molecule has 8 nitrogen and oxygen atoms in total. The number of ether oxygens (including phenoxy) is 2. The first kappa shape index (κ1) is 25.1. The van der Waals surface area contributed by atoms with Gasteiger partial charge in [-0.15, -0.1) is 0 Å². The highest BCUT2D eigenvalue weighted by Crippen LogP contribution is 2.26. The molecule has 1 N–H and O–H groups in total. The average molecular weight is 468 g/mol. The third-order valence-corrected chi connectivity index (χ3v) is 6.05. The maximum Gasteiger partial charge on any atom is 0.321 e. The van der Waals surface area contributed by atoms with E-state index in [1.165, 1.54) is 7.11 Å². The van der Waals surface area contributed by atoms with E-state index in [-0.39, 0.29) is 17.7 Å². The maximum absolute atomic E-state index is 13.0. The number of anilines is 1. The number of carbonyl (C=O) groups is 3. The van der Waals surface area contributed by atoms with E-state index >= 15 is 0 Å². The zero-order chi connectivity index (χ0) is 24.7. The minimum Gasteiger partial charge on any atom is -0.497 e. The van der Waals surface area contributed by atoms with Crippen molar-refractivity contribution in [3.63, 3.8) is 0 Å². The van der Waals surface area contributed by atoms with Crippen LogP contribution in [0.3, 0.4) is 0 Å². The highest BCUT2D eigenvalue weighted by molar-refractivity contribution is 5.99. The van der Waals surface area contributed by atoms with Gasteiger partial charge in [-0.05, 0) is 37.1 Å². The number of unbranched alkanes of at least 4 members (excludes halogenated alkanes) is 1. The molecule has 2 aromatic rings. The lowest BCUT2D eigenvalue weighted by atomic mass is 10.0. The van der Waals surface area contributed by atoms with E-state index in [0.717, 1.165) is 18.4 Å². The predicted molar refractivity (Wildman–Crippen MR) is 131 cm³/mol. The number of amides is 3. The fourth-order valence-corrected chi connectivity index (χ4v) is 3.86. The van der Waals surface area contributed by atoms with Gasteiger partial charge < -0.3 is 24.6 Å². The molecule has 0 unspecified atom stereocenters. The zero-order valence-electron chi connectivity index (χ0n) is 20.3. The first-order chi connectivity index (χ1) is 16.4.